The topological polar surface area (TPSA) is 46.3 Å². The van der Waals surface area contributed by atoms with Gasteiger partial charge in [-0.3, -0.25) is 4.79 Å². The molecule has 0 aromatic carbocycles. The number of fused-ring (bicyclic) bond motifs is 2. The monoisotopic (exact) mass is 278 g/mol. The predicted molar refractivity (Wildman–Crippen MR) is 81.2 cm³/mol. The predicted octanol–water partition coefficient (Wildman–Crippen LogP) is 2.93. The molecular weight excluding hydrogens is 248 g/mol. The van der Waals surface area contributed by atoms with Crippen molar-refractivity contribution >= 4 is 5.91 Å². The maximum absolute atomic E-state index is 12.7. The van der Waals surface area contributed by atoms with Gasteiger partial charge in [-0.25, -0.2) is 0 Å². The summed E-state index contributed by atoms with van der Waals surface area (Å²) in [7, 11) is 0. The lowest BCUT2D eigenvalue weighted by molar-refractivity contribution is -0.135. The number of hydrogen-bond donors (Lipinski definition) is 1. The summed E-state index contributed by atoms with van der Waals surface area (Å²) in [5.74, 6) is 2.93. The normalized spacial score (nSPS) is 40.0. The fourth-order valence-electron chi connectivity index (χ4n) is 5.02. The number of nitrogens with zero attached hydrogens (tertiary/aromatic N) is 1. The van der Waals surface area contributed by atoms with E-state index < -0.39 is 0 Å². The largest absolute Gasteiger partial charge is 0.340 e. The molecule has 3 aliphatic rings. The minimum absolute atomic E-state index is 0.366. The average molecular weight is 278 g/mol. The Balaban J connectivity index is 1.54. The third-order valence-electron chi connectivity index (χ3n) is 6.16. The first-order chi connectivity index (χ1) is 9.67. The van der Waals surface area contributed by atoms with Crippen molar-refractivity contribution in [3.05, 3.63) is 0 Å². The minimum atomic E-state index is 0.366. The lowest BCUT2D eigenvalue weighted by Crippen LogP contribution is -2.44. The Morgan fingerprint density at radius 1 is 1.10 bits per heavy atom. The van der Waals surface area contributed by atoms with Gasteiger partial charge in [0.2, 0.25) is 5.91 Å². The summed E-state index contributed by atoms with van der Waals surface area (Å²) in [6, 6.07) is 0.830. The fraction of sp³-hybridized carbons (Fsp3) is 0.941. The number of carbonyl (C=O) groups excluding carboxylic acids is 1. The van der Waals surface area contributed by atoms with E-state index in [2.05, 4.69) is 11.8 Å². The van der Waals surface area contributed by atoms with E-state index in [4.69, 9.17) is 5.73 Å². The third-order valence-corrected chi connectivity index (χ3v) is 6.16. The van der Waals surface area contributed by atoms with E-state index >= 15 is 0 Å². The maximum Gasteiger partial charge on any atom is 0.223 e. The zero-order valence-electron chi connectivity index (χ0n) is 12.9. The van der Waals surface area contributed by atoms with E-state index in [1.165, 1.54) is 25.7 Å². The van der Waals surface area contributed by atoms with Gasteiger partial charge in [0.1, 0.15) is 0 Å². The van der Waals surface area contributed by atoms with Crippen LogP contribution in [-0.2, 0) is 4.79 Å². The molecule has 3 aliphatic carbocycles. The van der Waals surface area contributed by atoms with E-state index in [1.54, 1.807) is 0 Å². The Kier molecular flexibility index (Phi) is 4.34. The van der Waals surface area contributed by atoms with E-state index in [1.807, 2.05) is 0 Å². The average Bonchev–Trinajstić information content (AvgIpc) is 3.04. The van der Waals surface area contributed by atoms with Crippen LogP contribution in [0.1, 0.15) is 64.7 Å². The van der Waals surface area contributed by atoms with Crippen molar-refractivity contribution in [2.75, 3.05) is 6.54 Å². The molecule has 3 heteroatoms. The zero-order valence-corrected chi connectivity index (χ0v) is 12.9. The Hall–Kier alpha value is -0.570. The summed E-state index contributed by atoms with van der Waals surface area (Å²) >= 11 is 0. The Morgan fingerprint density at radius 3 is 2.40 bits per heavy atom. The molecule has 3 rings (SSSR count). The van der Waals surface area contributed by atoms with E-state index in [0.29, 0.717) is 23.9 Å². The van der Waals surface area contributed by atoms with Gasteiger partial charge in [-0.15, -0.1) is 0 Å². The third kappa shape index (κ3) is 2.88. The fourth-order valence-corrected chi connectivity index (χ4v) is 5.02. The van der Waals surface area contributed by atoms with Gasteiger partial charge in [0, 0.05) is 25.0 Å². The molecule has 1 amide bonds. The van der Waals surface area contributed by atoms with E-state index in [9.17, 15) is 4.79 Å². The molecule has 0 radical (unpaired) electrons. The Labute approximate surface area is 123 Å². The van der Waals surface area contributed by atoms with E-state index in [0.717, 1.165) is 50.5 Å². The minimum Gasteiger partial charge on any atom is -0.340 e. The lowest BCUT2D eigenvalue weighted by Gasteiger charge is -2.36. The molecule has 0 aliphatic heterocycles. The molecule has 20 heavy (non-hydrogen) atoms. The van der Waals surface area contributed by atoms with Crippen molar-refractivity contribution in [3.63, 3.8) is 0 Å². The lowest BCUT2D eigenvalue weighted by atomic mass is 9.85. The molecule has 0 aromatic rings. The van der Waals surface area contributed by atoms with Gasteiger partial charge < -0.3 is 10.6 Å². The molecule has 3 unspecified atom stereocenters. The van der Waals surface area contributed by atoms with Crippen molar-refractivity contribution in [3.8, 4) is 0 Å². The van der Waals surface area contributed by atoms with Gasteiger partial charge in [-0.1, -0.05) is 6.42 Å². The van der Waals surface area contributed by atoms with Gasteiger partial charge in [-0.05, 0) is 69.6 Å². The second kappa shape index (κ2) is 6.05. The molecule has 0 aromatic heterocycles. The number of nitrogens with two attached hydrogens (primary N) is 1. The molecule has 0 heterocycles. The van der Waals surface area contributed by atoms with Crippen LogP contribution in [0.2, 0.25) is 0 Å². The van der Waals surface area contributed by atoms with Crippen LogP contribution in [0.15, 0.2) is 0 Å². The molecular formula is C17H30N2O. The van der Waals surface area contributed by atoms with Gasteiger partial charge >= 0.3 is 0 Å². The first-order valence-corrected chi connectivity index (χ1v) is 8.72. The van der Waals surface area contributed by atoms with Crippen LogP contribution in [0.25, 0.3) is 0 Å². The summed E-state index contributed by atoms with van der Waals surface area (Å²) in [4.78, 5) is 14.8. The van der Waals surface area contributed by atoms with Crippen molar-refractivity contribution in [1.82, 2.24) is 4.90 Å². The second-order valence-corrected chi connectivity index (χ2v) is 7.39. The van der Waals surface area contributed by atoms with Crippen LogP contribution < -0.4 is 5.73 Å². The van der Waals surface area contributed by atoms with Crippen molar-refractivity contribution in [2.45, 2.75) is 76.8 Å². The Bertz CT molecular complexity index is 349. The summed E-state index contributed by atoms with van der Waals surface area (Å²) in [6.07, 6.45) is 10.7. The van der Waals surface area contributed by atoms with Crippen LogP contribution in [0, 0.1) is 17.8 Å². The smallest absolute Gasteiger partial charge is 0.223 e. The standard InChI is InChI=1S/C17H30N2O/c1-2-19(16-7-5-15(18)6-8-16)17(20)11-14-10-12-3-4-13(14)9-12/h12-16H,2-11,18H2,1H3. The van der Waals surface area contributed by atoms with Crippen LogP contribution in [0.5, 0.6) is 0 Å². The molecule has 3 fully saturated rings. The molecule has 3 saturated carbocycles. The molecule has 114 valence electrons. The van der Waals surface area contributed by atoms with E-state index in [-0.39, 0.29) is 0 Å². The van der Waals surface area contributed by atoms with Gasteiger partial charge in [0.15, 0.2) is 0 Å². The second-order valence-electron chi connectivity index (χ2n) is 7.39. The van der Waals surface area contributed by atoms with Gasteiger partial charge in [0.05, 0.1) is 0 Å². The molecule has 3 atom stereocenters. The number of amides is 1. The highest BCUT2D eigenvalue weighted by Gasteiger charge is 2.41. The zero-order chi connectivity index (χ0) is 14.1. The summed E-state index contributed by atoms with van der Waals surface area (Å²) in [6.45, 7) is 3.01. The van der Waals surface area contributed by atoms with Crippen molar-refractivity contribution < 1.29 is 4.79 Å². The first kappa shape index (κ1) is 14.4. The summed E-state index contributed by atoms with van der Waals surface area (Å²) in [5.41, 5.74) is 5.98. The van der Waals surface area contributed by atoms with Gasteiger partial charge in [0.25, 0.3) is 0 Å². The Morgan fingerprint density at radius 2 is 1.85 bits per heavy atom. The highest BCUT2D eigenvalue weighted by molar-refractivity contribution is 5.77. The number of rotatable bonds is 4. The quantitative estimate of drug-likeness (QED) is 0.859. The molecule has 3 nitrogen and oxygen atoms in total. The summed E-state index contributed by atoms with van der Waals surface area (Å²) in [5, 5.41) is 0. The maximum atomic E-state index is 12.7. The first-order valence-electron chi connectivity index (χ1n) is 8.72. The molecule has 0 saturated heterocycles. The molecule has 2 N–H and O–H groups in total. The van der Waals surface area contributed by atoms with Crippen LogP contribution in [-0.4, -0.2) is 29.4 Å². The van der Waals surface area contributed by atoms with Gasteiger partial charge in [-0.2, -0.15) is 0 Å². The molecule has 0 spiro atoms. The van der Waals surface area contributed by atoms with Crippen LogP contribution in [0.4, 0.5) is 0 Å². The number of hydrogen-bond acceptors (Lipinski definition) is 2. The highest BCUT2D eigenvalue weighted by Crippen LogP contribution is 2.49. The number of carbonyl (C=O) groups is 1. The van der Waals surface area contributed by atoms with Crippen LogP contribution >= 0.6 is 0 Å². The SMILES string of the molecule is CCN(C(=O)CC1CC2CCC1C2)C1CCC(N)CC1. The van der Waals surface area contributed by atoms with Crippen LogP contribution in [0.3, 0.4) is 0 Å². The highest BCUT2D eigenvalue weighted by atomic mass is 16.2. The van der Waals surface area contributed by atoms with Crippen molar-refractivity contribution in [1.29, 1.82) is 0 Å². The summed E-state index contributed by atoms with van der Waals surface area (Å²) < 4.78 is 0. The molecule has 2 bridgehead atoms. The van der Waals surface area contributed by atoms with Crippen molar-refractivity contribution in [2.24, 2.45) is 23.5 Å².